The van der Waals surface area contributed by atoms with Crippen molar-refractivity contribution in [3.8, 4) is 0 Å². The SMILES string of the molecule is NNC(c1ccc(Br)c(Cl)c1F)C1CSCCO1. The lowest BCUT2D eigenvalue weighted by Gasteiger charge is -2.30. The van der Waals surface area contributed by atoms with E-state index in [4.69, 9.17) is 22.2 Å². The first-order valence-corrected chi connectivity index (χ1v) is 7.76. The van der Waals surface area contributed by atoms with Gasteiger partial charge < -0.3 is 4.74 Å². The lowest BCUT2D eigenvalue weighted by Crippen LogP contribution is -2.41. The van der Waals surface area contributed by atoms with Crippen LogP contribution >= 0.6 is 39.3 Å². The normalized spacial score (nSPS) is 21.9. The van der Waals surface area contributed by atoms with Crippen LogP contribution in [0.4, 0.5) is 4.39 Å². The van der Waals surface area contributed by atoms with Gasteiger partial charge >= 0.3 is 0 Å². The van der Waals surface area contributed by atoms with E-state index in [0.29, 0.717) is 16.6 Å². The molecule has 3 N–H and O–H groups in total. The summed E-state index contributed by atoms with van der Waals surface area (Å²) in [5.41, 5.74) is 3.05. The van der Waals surface area contributed by atoms with Gasteiger partial charge in [-0.2, -0.15) is 11.8 Å². The van der Waals surface area contributed by atoms with Crippen LogP contribution in [0.15, 0.2) is 16.6 Å². The van der Waals surface area contributed by atoms with Crippen LogP contribution in [0.25, 0.3) is 0 Å². The van der Waals surface area contributed by atoms with Crippen LogP contribution in [0.1, 0.15) is 11.6 Å². The van der Waals surface area contributed by atoms with Crippen molar-refractivity contribution in [1.29, 1.82) is 0 Å². The summed E-state index contributed by atoms with van der Waals surface area (Å²) in [4.78, 5) is 0. The maximum atomic E-state index is 14.1. The summed E-state index contributed by atoms with van der Waals surface area (Å²) in [5, 5.41) is 0.0659. The van der Waals surface area contributed by atoms with E-state index in [1.807, 2.05) is 0 Å². The molecule has 0 aliphatic carbocycles. The van der Waals surface area contributed by atoms with Crippen molar-refractivity contribution in [2.24, 2.45) is 5.84 Å². The van der Waals surface area contributed by atoms with Crippen LogP contribution in [0.2, 0.25) is 5.02 Å². The summed E-state index contributed by atoms with van der Waals surface area (Å²) in [6, 6.07) is 2.97. The molecule has 1 aliphatic rings. The van der Waals surface area contributed by atoms with Gasteiger partial charge in [0.25, 0.3) is 0 Å². The fraction of sp³-hybridized carbons (Fsp3) is 0.455. The van der Waals surface area contributed by atoms with Crippen molar-refractivity contribution in [1.82, 2.24) is 5.43 Å². The number of nitrogens with two attached hydrogens (primary N) is 1. The van der Waals surface area contributed by atoms with Crippen molar-refractivity contribution in [3.05, 3.63) is 33.0 Å². The Hall–Kier alpha value is 0.150. The molecule has 1 aromatic carbocycles. The highest BCUT2D eigenvalue weighted by atomic mass is 79.9. The number of hydrogen-bond acceptors (Lipinski definition) is 4. The number of hydrazine groups is 1. The molecule has 1 fully saturated rings. The summed E-state index contributed by atoms with van der Waals surface area (Å²) in [6.45, 7) is 0.652. The second-order valence-electron chi connectivity index (χ2n) is 3.89. The molecule has 1 heterocycles. The first-order valence-electron chi connectivity index (χ1n) is 5.44. The van der Waals surface area contributed by atoms with Crippen molar-refractivity contribution in [3.63, 3.8) is 0 Å². The summed E-state index contributed by atoms with van der Waals surface area (Å²) in [7, 11) is 0. The average Bonchev–Trinajstić information content (AvgIpc) is 2.41. The van der Waals surface area contributed by atoms with E-state index >= 15 is 0 Å². The Bertz CT molecular complexity index is 432. The standard InChI is InChI=1S/C11H13BrClFN2OS/c12-7-2-1-6(10(14)9(7)13)11(16-15)8-5-18-4-3-17-8/h1-2,8,11,16H,3-5,15H2. The molecule has 0 aromatic heterocycles. The van der Waals surface area contributed by atoms with Crippen molar-refractivity contribution < 1.29 is 9.13 Å². The van der Waals surface area contributed by atoms with Crippen LogP contribution < -0.4 is 11.3 Å². The molecule has 1 aliphatic heterocycles. The van der Waals surface area contributed by atoms with Crippen molar-refractivity contribution in [2.75, 3.05) is 18.1 Å². The lowest BCUT2D eigenvalue weighted by atomic mass is 10.0. The van der Waals surface area contributed by atoms with E-state index in [9.17, 15) is 4.39 Å². The molecule has 3 nitrogen and oxygen atoms in total. The van der Waals surface area contributed by atoms with Crippen LogP contribution in [0.5, 0.6) is 0 Å². The Morgan fingerprint density at radius 2 is 2.39 bits per heavy atom. The third-order valence-electron chi connectivity index (χ3n) is 2.79. The van der Waals surface area contributed by atoms with E-state index in [1.165, 1.54) is 0 Å². The van der Waals surface area contributed by atoms with Crippen molar-refractivity contribution >= 4 is 39.3 Å². The summed E-state index contributed by atoms with van der Waals surface area (Å²) >= 11 is 10.8. The van der Waals surface area contributed by atoms with Gasteiger partial charge in [0.05, 0.1) is 23.8 Å². The number of benzene rings is 1. The molecule has 2 atom stereocenters. The largest absolute Gasteiger partial charge is 0.374 e. The number of nitrogens with one attached hydrogen (secondary N) is 1. The maximum Gasteiger partial charge on any atom is 0.147 e. The predicted octanol–water partition coefficient (Wildman–Crippen LogP) is 2.88. The molecular formula is C11H13BrClFN2OS. The molecule has 0 spiro atoms. The van der Waals surface area contributed by atoms with Gasteiger partial charge in [-0.25, -0.2) is 4.39 Å². The first-order chi connectivity index (χ1) is 8.65. The molecule has 1 aromatic rings. The van der Waals surface area contributed by atoms with Crippen LogP contribution in [0.3, 0.4) is 0 Å². The molecule has 2 rings (SSSR count). The highest BCUT2D eigenvalue weighted by molar-refractivity contribution is 9.10. The lowest BCUT2D eigenvalue weighted by molar-refractivity contribution is 0.0458. The van der Waals surface area contributed by atoms with Gasteiger partial charge in [-0.1, -0.05) is 17.7 Å². The maximum absolute atomic E-state index is 14.1. The Morgan fingerprint density at radius 3 is 3.00 bits per heavy atom. The van der Waals surface area contributed by atoms with Gasteiger partial charge in [-0.15, -0.1) is 0 Å². The number of hydrogen-bond donors (Lipinski definition) is 2. The minimum absolute atomic E-state index is 0.0659. The zero-order valence-electron chi connectivity index (χ0n) is 9.46. The van der Waals surface area contributed by atoms with E-state index in [1.54, 1.807) is 23.9 Å². The highest BCUT2D eigenvalue weighted by Crippen LogP contribution is 2.33. The Morgan fingerprint density at radius 1 is 1.61 bits per heavy atom. The molecule has 2 unspecified atom stereocenters. The second-order valence-corrected chi connectivity index (χ2v) is 6.28. The second kappa shape index (κ2) is 6.54. The number of ether oxygens (including phenoxy) is 1. The molecule has 1 saturated heterocycles. The van der Waals surface area contributed by atoms with Crippen LogP contribution in [-0.4, -0.2) is 24.2 Å². The van der Waals surface area contributed by atoms with E-state index < -0.39 is 11.9 Å². The third kappa shape index (κ3) is 3.00. The fourth-order valence-electron chi connectivity index (χ4n) is 1.88. The van der Waals surface area contributed by atoms with Gasteiger partial charge in [0.15, 0.2) is 0 Å². The predicted molar refractivity (Wildman–Crippen MR) is 76.2 cm³/mol. The Kier molecular flexibility index (Phi) is 5.29. The van der Waals surface area contributed by atoms with E-state index in [0.717, 1.165) is 11.5 Å². The Balaban J connectivity index is 2.29. The molecule has 0 radical (unpaired) electrons. The average molecular weight is 356 g/mol. The fourth-order valence-corrected chi connectivity index (χ4v) is 3.26. The summed E-state index contributed by atoms with van der Waals surface area (Å²) in [5.74, 6) is 6.80. The molecule has 0 bridgehead atoms. The number of rotatable bonds is 3. The highest BCUT2D eigenvalue weighted by Gasteiger charge is 2.28. The number of halogens is 3. The number of thioether (sulfide) groups is 1. The Labute approximate surface area is 123 Å². The summed E-state index contributed by atoms with van der Waals surface area (Å²) < 4.78 is 20.3. The molecule has 100 valence electrons. The smallest absolute Gasteiger partial charge is 0.147 e. The van der Waals surface area contributed by atoms with Crippen LogP contribution in [0, 0.1) is 5.82 Å². The van der Waals surface area contributed by atoms with Gasteiger partial charge in [0.2, 0.25) is 0 Å². The molecular weight excluding hydrogens is 343 g/mol. The monoisotopic (exact) mass is 354 g/mol. The van der Waals surface area contributed by atoms with Crippen LogP contribution in [-0.2, 0) is 4.74 Å². The topological polar surface area (TPSA) is 47.3 Å². The van der Waals surface area contributed by atoms with Crippen molar-refractivity contribution in [2.45, 2.75) is 12.1 Å². The van der Waals surface area contributed by atoms with Gasteiger partial charge in [-0.05, 0) is 22.0 Å². The molecule has 18 heavy (non-hydrogen) atoms. The minimum Gasteiger partial charge on any atom is -0.374 e. The third-order valence-corrected chi connectivity index (χ3v) is 5.07. The zero-order valence-corrected chi connectivity index (χ0v) is 12.6. The van der Waals surface area contributed by atoms with Gasteiger partial charge in [0, 0.05) is 21.5 Å². The molecule has 0 amide bonds. The van der Waals surface area contributed by atoms with Gasteiger partial charge in [0.1, 0.15) is 5.82 Å². The minimum atomic E-state index is -0.465. The van der Waals surface area contributed by atoms with E-state index in [-0.39, 0.29) is 11.1 Å². The van der Waals surface area contributed by atoms with E-state index in [2.05, 4.69) is 21.4 Å². The molecule has 7 heteroatoms. The molecule has 0 saturated carbocycles. The van der Waals surface area contributed by atoms with Gasteiger partial charge in [-0.3, -0.25) is 11.3 Å². The zero-order chi connectivity index (χ0) is 13.1. The quantitative estimate of drug-likeness (QED) is 0.497. The first kappa shape index (κ1) is 14.6. The summed E-state index contributed by atoms with van der Waals surface area (Å²) in [6.07, 6.45) is -0.152.